The fourth-order valence-corrected chi connectivity index (χ4v) is 2.37. The molecular formula is C13H14N2. The molecule has 0 radical (unpaired) electrons. The predicted molar refractivity (Wildman–Crippen MR) is 61.7 cm³/mol. The average Bonchev–Trinajstić information content (AvgIpc) is 2.82. The van der Waals surface area contributed by atoms with Crippen LogP contribution in [0.1, 0.15) is 24.4 Å². The van der Waals surface area contributed by atoms with E-state index in [9.17, 15) is 0 Å². The highest BCUT2D eigenvalue weighted by Gasteiger charge is 2.18. The molecule has 0 bridgehead atoms. The minimum atomic E-state index is 0.503. The topological polar surface area (TPSA) is 24.9 Å². The van der Waals surface area contributed by atoms with Crippen molar-refractivity contribution in [1.82, 2.24) is 10.3 Å². The molecule has 1 atom stereocenters. The first-order chi connectivity index (χ1) is 7.45. The highest BCUT2D eigenvalue weighted by Crippen LogP contribution is 2.28. The third-order valence-electron chi connectivity index (χ3n) is 3.13. The average molecular weight is 198 g/mol. The molecule has 0 saturated carbocycles. The van der Waals surface area contributed by atoms with Gasteiger partial charge in [0.15, 0.2) is 0 Å². The van der Waals surface area contributed by atoms with Crippen LogP contribution in [0.4, 0.5) is 0 Å². The monoisotopic (exact) mass is 198 g/mol. The number of pyridine rings is 1. The van der Waals surface area contributed by atoms with Gasteiger partial charge in [0.2, 0.25) is 0 Å². The normalized spacial score (nSPS) is 20.9. The number of benzene rings is 1. The van der Waals surface area contributed by atoms with Gasteiger partial charge in [0.05, 0.1) is 0 Å². The maximum Gasteiger partial charge on any atom is 0.0346 e. The molecule has 0 spiro atoms. The first kappa shape index (κ1) is 8.86. The van der Waals surface area contributed by atoms with E-state index in [4.69, 9.17) is 0 Å². The first-order valence-corrected chi connectivity index (χ1v) is 5.51. The van der Waals surface area contributed by atoms with Crippen molar-refractivity contribution in [3.05, 3.63) is 42.2 Å². The van der Waals surface area contributed by atoms with Crippen LogP contribution in [0.25, 0.3) is 10.8 Å². The molecule has 15 heavy (non-hydrogen) atoms. The Morgan fingerprint density at radius 2 is 2.13 bits per heavy atom. The lowest BCUT2D eigenvalue weighted by Crippen LogP contribution is -2.13. The van der Waals surface area contributed by atoms with Crippen molar-refractivity contribution < 1.29 is 0 Å². The van der Waals surface area contributed by atoms with Gasteiger partial charge in [0.25, 0.3) is 0 Å². The van der Waals surface area contributed by atoms with Crippen LogP contribution < -0.4 is 5.32 Å². The highest BCUT2D eigenvalue weighted by molar-refractivity contribution is 5.85. The van der Waals surface area contributed by atoms with E-state index in [0.29, 0.717) is 6.04 Å². The Morgan fingerprint density at radius 1 is 1.20 bits per heavy atom. The van der Waals surface area contributed by atoms with E-state index < -0.39 is 0 Å². The summed E-state index contributed by atoms with van der Waals surface area (Å²) in [5.74, 6) is 0. The number of nitrogens with zero attached hydrogens (tertiary/aromatic N) is 1. The Kier molecular flexibility index (Phi) is 2.14. The van der Waals surface area contributed by atoms with Crippen molar-refractivity contribution in [2.45, 2.75) is 18.9 Å². The van der Waals surface area contributed by atoms with Crippen molar-refractivity contribution in [3.8, 4) is 0 Å². The molecule has 1 fully saturated rings. The second-order valence-electron chi connectivity index (χ2n) is 4.10. The molecule has 1 aromatic carbocycles. The summed E-state index contributed by atoms with van der Waals surface area (Å²) in [5, 5.41) is 6.10. The van der Waals surface area contributed by atoms with Crippen LogP contribution in [0.15, 0.2) is 36.7 Å². The van der Waals surface area contributed by atoms with E-state index in [1.807, 2.05) is 12.4 Å². The third-order valence-corrected chi connectivity index (χ3v) is 3.13. The molecule has 2 nitrogen and oxygen atoms in total. The molecule has 2 aromatic rings. The van der Waals surface area contributed by atoms with Crippen molar-refractivity contribution >= 4 is 10.8 Å². The van der Waals surface area contributed by atoms with E-state index in [1.54, 1.807) is 0 Å². The molecule has 1 saturated heterocycles. The molecule has 1 unspecified atom stereocenters. The Hall–Kier alpha value is -1.41. The fourth-order valence-electron chi connectivity index (χ4n) is 2.37. The molecule has 1 aliphatic rings. The van der Waals surface area contributed by atoms with E-state index in [2.05, 4.69) is 34.6 Å². The Morgan fingerprint density at radius 3 is 3.00 bits per heavy atom. The minimum Gasteiger partial charge on any atom is -0.310 e. The standard InChI is InChI=1S/C13H14N2/c1-2-5-11-10(4-1)8-14-9-12(11)13-6-3-7-15-13/h1-2,4-5,8-9,13,15H,3,6-7H2. The van der Waals surface area contributed by atoms with Gasteiger partial charge < -0.3 is 5.32 Å². The molecule has 2 heteroatoms. The summed E-state index contributed by atoms with van der Waals surface area (Å²) in [6.45, 7) is 1.13. The second-order valence-corrected chi connectivity index (χ2v) is 4.10. The molecule has 76 valence electrons. The van der Waals surface area contributed by atoms with Crippen molar-refractivity contribution in [3.63, 3.8) is 0 Å². The molecule has 0 aliphatic carbocycles. The van der Waals surface area contributed by atoms with Gasteiger partial charge in [-0.2, -0.15) is 0 Å². The van der Waals surface area contributed by atoms with Gasteiger partial charge in [-0.05, 0) is 30.3 Å². The first-order valence-electron chi connectivity index (χ1n) is 5.51. The zero-order valence-electron chi connectivity index (χ0n) is 8.61. The van der Waals surface area contributed by atoms with Gasteiger partial charge in [-0.3, -0.25) is 4.98 Å². The van der Waals surface area contributed by atoms with Gasteiger partial charge in [-0.1, -0.05) is 24.3 Å². The van der Waals surface area contributed by atoms with E-state index in [-0.39, 0.29) is 0 Å². The summed E-state index contributed by atoms with van der Waals surface area (Å²) in [6, 6.07) is 8.98. The summed E-state index contributed by atoms with van der Waals surface area (Å²) in [4.78, 5) is 4.32. The van der Waals surface area contributed by atoms with Crippen LogP contribution in [-0.2, 0) is 0 Å². The third kappa shape index (κ3) is 1.51. The lowest BCUT2D eigenvalue weighted by Gasteiger charge is -2.12. The Balaban J connectivity index is 2.16. The lowest BCUT2D eigenvalue weighted by molar-refractivity contribution is 0.650. The summed E-state index contributed by atoms with van der Waals surface area (Å²) in [7, 11) is 0. The number of hydrogen-bond donors (Lipinski definition) is 1. The summed E-state index contributed by atoms with van der Waals surface area (Å²) in [6.07, 6.45) is 6.45. The molecule has 2 heterocycles. The quantitative estimate of drug-likeness (QED) is 0.762. The van der Waals surface area contributed by atoms with E-state index >= 15 is 0 Å². The van der Waals surface area contributed by atoms with Crippen molar-refractivity contribution in [1.29, 1.82) is 0 Å². The predicted octanol–water partition coefficient (Wildman–Crippen LogP) is 2.66. The maximum atomic E-state index is 4.32. The number of nitrogens with one attached hydrogen (secondary N) is 1. The molecular weight excluding hydrogens is 184 g/mol. The number of rotatable bonds is 1. The van der Waals surface area contributed by atoms with E-state index in [1.165, 1.54) is 29.2 Å². The lowest BCUT2D eigenvalue weighted by atomic mass is 10.0. The van der Waals surface area contributed by atoms with Gasteiger partial charge in [-0.25, -0.2) is 0 Å². The smallest absolute Gasteiger partial charge is 0.0346 e. The van der Waals surface area contributed by atoms with Crippen LogP contribution in [0.5, 0.6) is 0 Å². The van der Waals surface area contributed by atoms with Crippen LogP contribution >= 0.6 is 0 Å². The summed E-state index contributed by atoms with van der Waals surface area (Å²) < 4.78 is 0. The second kappa shape index (κ2) is 3.63. The zero-order valence-corrected chi connectivity index (χ0v) is 8.61. The van der Waals surface area contributed by atoms with Crippen LogP contribution in [0.3, 0.4) is 0 Å². The number of fused-ring (bicyclic) bond motifs is 1. The number of aromatic nitrogens is 1. The van der Waals surface area contributed by atoms with E-state index in [0.717, 1.165) is 6.54 Å². The Bertz CT molecular complexity index is 467. The zero-order chi connectivity index (χ0) is 10.1. The van der Waals surface area contributed by atoms with Crippen molar-refractivity contribution in [2.75, 3.05) is 6.54 Å². The molecule has 0 amide bonds. The van der Waals surface area contributed by atoms with Gasteiger partial charge >= 0.3 is 0 Å². The summed E-state index contributed by atoms with van der Waals surface area (Å²) in [5.41, 5.74) is 1.35. The molecule has 3 rings (SSSR count). The van der Waals surface area contributed by atoms with Gasteiger partial charge in [0, 0.05) is 23.8 Å². The van der Waals surface area contributed by atoms with Crippen molar-refractivity contribution in [2.24, 2.45) is 0 Å². The SMILES string of the molecule is c1ccc2c(C3CCCN3)cncc2c1. The fraction of sp³-hybridized carbons (Fsp3) is 0.308. The van der Waals surface area contributed by atoms with Gasteiger partial charge in [0.1, 0.15) is 0 Å². The molecule has 1 N–H and O–H groups in total. The number of hydrogen-bond acceptors (Lipinski definition) is 2. The molecule has 1 aliphatic heterocycles. The van der Waals surface area contributed by atoms with Crippen LogP contribution in [0.2, 0.25) is 0 Å². The van der Waals surface area contributed by atoms with Gasteiger partial charge in [-0.15, -0.1) is 0 Å². The van der Waals surface area contributed by atoms with Crippen LogP contribution in [0, 0.1) is 0 Å². The Labute approximate surface area is 89.3 Å². The maximum absolute atomic E-state index is 4.32. The largest absolute Gasteiger partial charge is 0.310 e. The minimum absolute atomic E-state index is 0.503. The molecule has 1 aromatic heterocycles. The highest BCUT2D eigenvalue weighted by atomic mass is 14.9. The van der Waals surface area contributed by atoms with Crippen LogP contribution in [-0.4, -0.2) is 11.5 Å². The summed E-state index contributed by atoms with van der Waals surface area (Å²) >= 11 is 0.